The van der Waals surface area contributed by atoms with Gasteiger partial charge in [0.15, 0.2) is 0 Å². The van der Waals surface area contributed by atoms with Crippen molar-refractivity contribution in [3.8, 4) is 0 Å². The summed E-state index contributed by atoms with van der Waals surface area (Å²) in [6.45, 7) is 1.68. The van der Waals surface area contributed by atoms with Crippen LogP contribution in [0.3, 0.4) is 0 Å². The van der Waals surface area contributed by atoms with Crippen molar-refractivity contribution in [1.82, 2.24) is 4.90 Å². The lowest BCUT2D eigenvalue weighted by atomic mass is 10.1. The zero-order chi connectivity index (χ0) is 13.5. The van der Waals surface area contributed by atoms with Gasteiger partial charge in [-0.1, -0.05) is 0 Å². The number of rotatable bonds is 8. The maximum atomic E-state index is 11.5. The van der Waals surface area contributed by atoms with Crippen molar-refractivity contribution in [3.63, 3.8) is 0 Å². The van der Waals surface area contributed by atoms with E-state index in [2.05, 4.69) is 0 Å². The van der Waals surface area contributed by atoms with Crippen LogP contribution in [0.4, 0.5) is 0 Å². The molecule has 0 saturated heterocycles. The predicted octanol–water partition coefficient (Wildman–Crippen LogP) is 1.02. The summed E-state index contributed by atoms with van der Waals surface area (Å²) in [5.41, 5.74) is 0. The third-order valence-corrected chi connectivity index (χ3v) is 2.75. The Labute approximate surface area is 106 Å². The van der Waals surface area contributed by atoms with Crippen LogP contribution in [0.5, 0.6) is 0 Å². The van der Waals surface area contributed by atoms with Gasteiger partial charge in [0.05, 0.1) is 0 Å². The molecule has 0 N–H and O–H groups in total. The summed E-state index contributed by atoms with van der Waals surface area (Å²) < 4.78 is 0. The number of hydrogen-bond donors (Lipinski definition) is 0. The van der Waals surface area contributed by atoms with E-state index in [1.165, 1.54) is 19.1 Å². The fraction of sp³-hybridized carbons (Fsp3) is 0.538. The molecule has 0 radical (unpaired) electrons. The molecule has 0 unspecified atom stereocenters. The van der Waals surface area contributed by atoms with E-state index in [0.29, 0.717) is 25.7 Å². The monoisotopic (exact) mass is 251 g/mol. The summed E-state index contributed by atoms with van der Waals surface area (Å²) >= 11 is 0. The molecular formula is C13H17NO4. The van der Waals surface area contributed by atoms with Crippen molar-refractivity contribution in [1.29, 1.82) is 0 Å². The summed E-state index contributed by atoms with van der Waals surface area (Å²) in [7, 11) is 0. The molecule has 5 heteroatoms. The van der Waals surface area contributed by atoms with Crippen molar-refractivity contribution < 1.29 is 19.2 Å². The summed E-state index contributed by atoms with van der Waals surface area (Å²) in [6.07, 6.45) is 4.90. The van der Waals surface area contributed by atoms with Crippen molar-refractivity contribution in [3.05, 3.63) is 12.2 Å². The first-order chi connectivity index (χ1) is 8.50. The lowest BCUT2D eigenvalue weighted by Crippen LogP contribution is -2.32. The molecule has 1 heterocycles. The number of imide groups is 1. The van der Waals surface area contributed by atoms with Gasteiger partial charge in [0.2, 0.25) is 0 Å². The fourth-order valence-corrected chi connectivity index (χ4v) is 1.71. The Bertz CT molecular complexity index is 380. The van der Waals surface area contributed by atoms with E-state index in [4.69, 9.17) is 0 Å². The van der Waals surface area contributed by atoms with Crippen LogP contribution in [0.25, 0.3) is 0 Å². The average Bonchev–Trinajstić information content (AvgIpc) is 2.62. The van der Waals surface area contributed by atoms with Gasteiger partial charge in [-0.05, 0) is 19.8 Å². The van der Waals surface area contributed by atoms with E-state index >= 15 is 0 Å². The Hall–Kier alpha value is -1.78. The van der Waals surface area contributed by atoms with Gasteiger partial charge in [-0.15, -0.1) is 0 Å². The lowest BCUT2D eigenvalue weighted by Gasteiger charge is -2.12. The SMILES string of the molecule is CC(=O)CCCCC(=O)CCN1C(=O)C=CC1=O. The van der Waals surface area contributed by atoms with E-state index < -0.39 is 0 Å². The van der Waals surface area contributed by atoms with Crippen LogP contribution in [-0.4, -0.2) is 34.8 Å². The van der Waals surface area contributed by atoms with Crippen molar-refractivity contribution in [2.24, 2.45) is 0 Å². The molecule has 1 rings (SSSR count). The van der Waals surface area contributed by atoms with E-state index in [9.17, 15) is 19.2 Å². The molecule has 0 bridgehead atoms. The quantitative estimate of drug-likeness (QED) is 0.477. The van der Waals surface area contributed by atoms with Crippen molar-refractivity contribution in [2.75, 3.05) is 6.54 Å². The van der Waals surface area contributed by atoms with Crippen LogP contribution in [0, 0.1) is 0 Å². The Morgan fingerprint density at radius 1 is 1.00 bits per heavy atom. The highest BCUT2D eigenvalue weighted by Gasteiger charge is 2.23. The second-order valence-electron chi connectivity index (χ2n) is 4.36. The molecule has 1 aliphatic rings. The molecule has 98 valence electrons. The molecule has 0 aliphatic carbocycles. The van der Waals surface area contributed by atoms with Crippen LogP contribution in [0.2, 0.25) is 0 Å². The van der Waals surface area contributed by atoms with Gasteiger partial charge in [-0.3, -0.25) is 19.3 Å². The highest BCUT2D eigenvalue weighted by molar-refractivity contribution is 6.13. The first-order valence-electron chi connectivity index (χ1n) is 6.05. The van der Waals surface area contributed by atoms with Crippen LogP contribution >= 0.6 is 0 Å². The Balaban J connectivity index is 2.16. The molecule has 1 aliphatic heterocycles. The standard InChI is InChI=1S/C13H17NO4/c1-10(15)4-2-3-5-11(16)8-9-14-12(17)6-7-13(14)18/h6-7H,2-5,8-9H2,1H3. The Kier molecular flexibility index (Phi) is 5.42. The van der Waals surface area contributed by atoms with Gasteiger partial charge in [0.25, 0.3) is 11.8 Å². The maximum absolute atomic E-state index is 11.5. The van der Waals surface area contributed by atoms with Crippen LogP contribution in [-0.2, 0) is 19.2 Å². The van der Waals surface area contributed by atoms with Crippen LogP contribution in [0.15, 0.2) is 12.2 Å². The second-order valence-corrected chi connectivity index (χ2v) is 4.36. The van der Waals surface area contributed by atoms with Gasteiger partial charge in [-0.2, -0.15) is 0 Å². The van der Waals surface area contributed by atoms with Gasteiger partial charge < -0.3 is 4.79 Å². The highest BCUT2D eigenvalue weighted by atomic mass is 16.2. The van der Waals surface area contributed by atoms with E-state index in [0.717, 1.165) is 4.90 Å². The maximum Gasteiger partial charge on any atom is 0.253 e. The van der Waals surface area contributed by atoms with Gasteiger partial charge in [0, 0.05) is 38.0 Å². The Morgan fingerprint density at radius 3 is 2.11 bits per heavy atom. The zero-order valence-electron chi connectivity index (χ0n) is 10.5. The van der Waals surface area contributed by atoms with Crippen molar-refractivity contribution >= 4 is 23.4 Å². The Morgan fingerprint density at radius 2 is 1.56 bits per heavy atom. The van der Waals surface area contributed by atoms with Gasteiger partial charge in [-0.25, -0.2) is 0 Å². The number of unbranched alkanes of at least 4 members (excludes halogenated alkanes) is 1. The van der Waals surface area contributed by atoms with E-state index in [-0.39, 0.29) is 36.3 Å². The number of nitrogens with zero attached hydrogens (tertiary/aromatic N) is 1. The number of carbonyl (C=O) groups excluding carboxylic acids is 4. The second kappa shape index (κ2) is 6.83. The third kappa shape index (κ3) is 4.61. The molecule has 0 fully saturated rings. The summed E-state index contributed by atoms with van der Waals surface area (Å²) in [5, 5.41) is 0. The van der Waals surface area contributed by atoms with Crippen LogP contribution < -0.4 is 0 Å². The summed E-state index contributed by atoms with van der Waals surface area (Å²) in [5.74, 6) is -0.568. The molecule has 0 aromatic carbocycles. The molecular weight excluding hydrogens is 234 g/mol. The highest BCUT2D eigenvalue weighted by Crippen LogP contribution is 2.07. The third-order valence-electron chi connectivity index (χ3n) is 2.75. The topological polar surface area (TPSA) is 71.5 Å². The number of ketones is 2. The van der Waals surface area contributed by atoms with Gasteiger partial charge in [0.1, 0.15) is 11.6 Å². The van der Waals surface area contributed by atoms with Crippen LogP contribution in [0.1, 0.15) is 39.0 Å². The molecule has 0 spiro atoms. The number of carbonyl (C=O) groups is 4. The molecule has 0 aromatic heterocycles. The molecule has 0 atom stereocenters. The molecule has 0 aromatic rings. The predicted molar refractivity (Wildman–Crippen MR) is 64.6 cm³/mol. The zero-order valence-corrected chi connectivity index (χ0v) is 10.5. The molecule has 2 amide bonds. The number of hydrogen-bond acceptors (Lipinski definition) is 4. The largest absolute Gasteiger partial charge is 0.300 e. The number of Topliss-reactive ketones (excluding diaryl/α,β-unsaturated/α-hetero) is 2. The smallest absolute Gasteiger partial charge is 0.253 e. The lowest BCUT2D eigenvalue weighted by molar-refractivity contribution is -0.137. The molecule has 5 nitrogen and oxygen atoms in total. The van der Waals surface area contributed by atoms with Gasteiger partial charge >= 0.3 is 0 Å². The minimum Gasteiger partial charge on any atom is -0.300 e. The normalized spacial score (nSPS) is 14.4. The average molecular weight is 251 g/mol. The minimum absolute atomic E-state index is 0.0195. The number of amides is 2. The first-order valence-corrected chi connectivity index (χ1v) is 6.05. The molecule has 18 heavy (non-hydrogen) atoms. The minimum atomic E-state index is -0.357. The fourth-order valence-electron chi connectivity index (χ4n) is 1.71. The van der Waals surface area contributed by atoms with Crippen molar-refractivity contribution in [2.45, 2.75) is 39.0 Å². The van der Waals surface area contributed by atoms with E-state index in [1.54, 1.807) is 0 Å². The van der Waals surface area contributed by atoms with E-state index in [1.807, 2.05) is 0 Å². The summed E-state index contributed by atoms with van der Waals surface area (Å²) in [6, 6.07) is 0. The first kappa shape index (κ1) is 14.3. The molecule has 0 saturated carbocycles. The summed E-state index contributed by atoms with van der Waals surface area (Å²) in [4.78, 5) is 45.7.